The lowest BCUT2D eigenvalue weighted by atomic mass is 10.1. The molecule has 0 bridgehead atoms. The standard InChI is InChI=1S/C13H17FN2O2S/c1-3-18-13(17)6-4-7-8(5-6)12(19-2)11(16)10(15)9(7)14/h6H,3-5,15-16H2,1-2H3. The highest BCUT2D eigenvalue weighted by Gasteiger charge is 2.34. The fourth-order valence-electron chi connectivity index (χ4n) is 2.49. The van der Waals surface area contributed by atoms with E-state index >= 15 is 0 Å². The second-order valence-electron chi connectivity index (χ2n) is 4.49. The Morgan fingerprint density at radius 3 is 2.58 bits per heavy atom. The quantitative estimate of drug-likeness (QED) is 0.504. The summed E-state index contributed by atoms with van der Waals surface area (Å²) in [6.45, 7) is 2.08. The first-order chi connectivity index (χ1) is 9.01. The molecule has 0 saturated carbocycles. The van der Waals surface area contributed by atoms with Gasteiger partial charge in [0, 0.05) is 4.90 Å². The highest BCUT2D eigenvalue weighted by atomic mass is 32.2. The van der Waals surface area contributed by atoms with E-state index in [0.29, 0.717) is 25.0 Å². The SMILES string of the molecule is CCOC(=O)C1Cc2c(F)c(N)c(N)c(SC)c2C1. The van der Waals surface area contributed by atoms with Gasteiger partial charge in [0.05, 0.1) is 23.9 Å². The van der Waals surface area contributed by atoms with Gasteiger partial charge in [-0.25, -0.2) is 4.39 Å². The van der Waals surface area contributed by atoms with E-state index in [1.54, 1.807) is 6.92 Å². The van der Waals surface area contributed by atoms with E-state index < -0.39 is 5.82 Å². The molecule has 0 aliphatic heterocycles. The fourth-order valence-corrected chi connectivity index (χ4v) is 3.27. The van der Waals surface area contributed by atoms with Crippen molar-refractivity contribution in [2.75, 3.05) is 24.3 Å². The average molecular weight is 284 g/mol. The van der Waals surface area contributed by atoms with Crippen LogP contribution in [0.1, 0.15) is 18.1 Å². The molecule has 2 rings (SSSR count). The number of hydrogen-bond acceptors (Lipinski definition) is 5. The predicted octanol–water partition coefficient (Wildman–Crippen LogP) is 1.99. The Bertz CT molecular complexity index is 534. The maximum absolute atomic E-state index is 14.1. The third-order valence-electron chi connectivity index (χ3n) is 3.40. The minimum absolute atomic E-state index is 0.0207. The fraction of sp³-hybridized carbons (Fsp3) is 0.462. The molecule has 6 heteroatoms. The molecular formula is C13H17FN2O2S. The number of carbonyl (C=O) groups is 1. The maximum atomic E-state index is 14.1. The van der Waals surface area contributed by atoms with Crippen molar-refractivity contribution in [1.29, 1.82) is 0 Å². The number of nitrogen functional groups attached to an aromatic ring is 2. The Morgan fingerprint density at radius 1 is 1.37 bits per heavy atom. The Labute approximate surface area is 115 Å². The highest BCUT2D eigenvalue weighted by Crippen LogP contribution is 2.42. The van der Waals surface area contributed by atoms with Gasteiger partial charge in [0.15, 0.2) is 5.82 Å². The number of thioether (sulfide) groups is 1. The van der Waals surface area contributed by atoms with Crippen LogP contribution in [-0.2, 0) is 22.4 Å². The smallest absolute Gasteiger partial charge is 0.309 e. The van der Waals surface area contributed by atoms with E-state index in [1.807, 2.05) is 6.26 Å². The van der Waals surface area contributed by atoms with Crippen LogP contribution in [0.5, 0.6) is 0 Å². The van der Waals surface area contributed by atoms with E-state index in [1.165, 1.54) is 11.8 Å². The first-order valence-corrected chi connectivity index (χ1v) is 7.32. The monoisotopic (exact) mass is 284 g/mol. The summed E-state index contributed by atoms with van der Waals surface area (Å²) in [5.41, 5.74) is 13.1. The zero-order chi connectivity index (χ0) is 14.2. The molecule has 0 radical (unpaired) electrons. The summed E-state index contributed by atoms with van der Waals surface area (Å²) >= 11 is 1.43. The molecule has 0 fully saturated rings. The van der Waals surface area contributed by atoms with E-state index in [9.17, 15) is 9.18 Å². The average Bonchev–Trinajstić information content (AvgIpc) is 2.82. The van der Waals surface area contributed by atoms with Crippen molar-refractivity contribution in [3.05, 3.63) is 16.9 Å². The van der Waals surface area contributed by atoms with Gasteiger partial charge in [-0.05, 0) is 37.1 Å². The maximum Gasteiger partial charge on any atom is 0.309 e. The summed E-state index contributed by atoms with van der Waals surface area (Å²) in [5.74, 6) is -1.11. The van der Waals surface area contributed by atoms with Gasteiger partial charge >= 0.3 is 5.97 Å². The molecule has 1 aromatic rings. The molecule has 1 atom stereocenters. The number of esters is 1. The van der Waals surface area contributed by atoms with Crippen LogP contribution in [0.2, 0.25) is 0 Å². The van der Waals surface area contributed by atoms with Gasteiger partial charge in [0.2, 0.25) is 0 Å². The van der Waals surface area contributed by atoms with Gasteiger partial charge < -0.3 is 16.2 Å². The van der Waals surface area contributed by atoms with Crippen molar-refractivity contribution in [2.45, 2.75) is 24.7 Å². The zero-order valence-electron chi connectivity index (χ0n) is 11.0. The number of rotatable bonds is 3. The zero-order valence-corrected chi connectivity index (χ0v) is 11.8. The van der Waals surface area contributed by atoms with E-state index in [2.05, 4.69) is 0 Å². The van der Waals surface area contributed by atoms with Crippen molar-refractivity contribution in [1.82, 2.24) is 0 Å². The van der Waals surface area contributed by atoms with E-state index in [0.717, 1.165) is 10.5 Å². The predicted molar refractivity (Wildman–Crippen MR) is 74.5 cm³/mol. The normalized spacial score (nSPS) is 17.3. The Hall–Kier alpha value is -1.43. The lowest BCUT2D eigenvalue weighted by Gasteiger charge is -2.13. The van der Waals surface area contributed by atoms with Crippen LogP contribution in [0.25, 0.3) is 0 Å². The number of fused-ring (bicyclic) bond motifs is 1. The van der Waals surface area contributed by atoms with Crippen molar-refractivity contribution in [3.63, 3.8) is 0 Å². The third-order valence-corrected chi connectivity index (χ3v) is 4.27. The van der Waals surface area contributed by atoms with Gasteiger partial charge in [0.25, 0.3) is 0 Å². The van der Waals surface area contributed by atoms with E-state index in [-0.39, 0.29) is 23.3 Å². The van der Waals surface area contributed by atoms with Crippen molar-refractivity contribution >= 4 is 29.1 Å². The Kier molecular flexibility index (Phi) is 3.89. The summed E-state index contributed by atoms with van der Waals surface area (Å²) in [7, 11) is 0. The number of ether oxygens (including phenoxy) is 1. The lowest BCUT2D eigenvalue weighted by Crippen LogP contribution is -2.17. The summed E-state index contributed by atoms with van der Waals surface area (Å²) in [6, 6.07) is 0. The molecule has 1 aliphatic carbocycles. The molecule has 1 aliphatic rings. The third kappa shape index (κ3) is 2.25. The van der Waals surface area contributed by atoms with Crippen molar-refractivity contribution < 1.29 is 13.9 Å². The molecule has 0 heterocycles. The van der Waals surface area contributed by atoms with Gasteiger partial charge in [-0.15, -0.1) is 11.8 Å². The summed E-state index contributed by atoms with van der Waals surface area (Å²) in [4.78, 5) is 12.6. The van der Waals surface area contributed by atoms with E-state index in [4.69, 9.17) is 16.2 Å². The minimum atomic E-state index is -0.489. The summed E-state index contributed by atoms with van der Waals surface area (Å²) < 4.78 is 19.1. The number of carbonyl (C=O) groups excluding carboxylic acids is 1. The summed E-state index contributed by atoms with van der Waals surface area (Å²) in [6.07, 6.45) is 2.66. The highest BCUT2D eigenvalue weighted by molar-refractivity contribution is 7.98. The molecule has 0 saturated heterocycles. The van der Waals surface area contributed by atoms with Crippen LogP contribution in [-0.4, -0.2) is 18.8 Å². The van der Waals surface area contributed by atoms with Crippen LogP contribution in [0, 0.1) is 11.7 Å². The molecule has 19 heavy (non-hydrogen) atoms. The lowest BCUT2D eigenvalue weighted by molar-refractivity contribution is -0.147. The van der Waals surface area contributed by atoms with Crippen LogP contribution < -0.4 is 11.5 Å². The first-order valence-electron chi connectivity index (χ1n) is 6.10. The number of hydrogen-bond donors (Lipinski definition) is 2. The minimum Gasteiger partial charge on any atom is -0.466 e. The number of halogens is 1. The molecule has 104 valence electrons. The van der Waals surface area contributed by atoms with Gasteiger partial charge in [-0.1, -0.05) is 0 Å². The number of nitrogens with two attached hydrogens (primary N) is 2. The molecule has 4 nitrogen and oxygen atoms in total. The largest absolute Gasteiger partial charge is 0.466 e. The Morgan fingerprint density at radius 2 is 2.00 bits per heavy atom. The van der Waals surface area contributed by atoms with Gasteiger partial charge in [0.1, 0.15) is 0 Å². The van der Waals surface area contributed by atoms with Crippen molar-refractivity contribution in [2.24, 2.45) is 5.92 Å². The van der Waals surface area contributed by atoms with Gasteiger partial charge in [-0.3, -0.25) is 4.79 Å². The van der Waals surface area contributed by atoms with Crippen LogP contribution >= 0.6 is 11.8 Å². The van der Waals surface area contributed by atoms with Gasteiger partial charge in [-0.2, -0.15) is 0 Å². The first kappa shape index (κ1) is 14.0. The Balaban J connectivity index is 2.42. The molecule has 0 spiro atoms. The summed E-state index contributed by atoms with van der Waals surface area (Å²) in [5, 5.41) is 0. The molecular weight excluding hydrogens is 267 g/mol. The number of anilines is 2. The molecule has 1 aromatic carbocycles. The topological polar surface area (TPSA) is 78.3 Å². The van der Waals surface area contributed by atoms with Crippen molar-refractivity contribution in [3.8, 4) is 0 Å². The van der Waals surface area contributed by atoms with Crippen LogP contribution in [0.15, 0.2) is 4.90 Å². The second-order valence-corrected chi connectivity index (χ2v) is 5.31. The second kappa shape index (κ2) is 5.28. The molecule has 4 N–H and O–H groups in total. The van der Waals surface area contributed by atoms with Crippen LogP contribution in [0.4, 0.5) is 15.8 Å². The molecule has 0 aromatic heterocycles. The molecule has 0 amide bonds. The molecule has 1 unspecified atom stereocenters. The van der Waals surface area contributed by atoms with Crippen LogP contribution in [0.3, 0.4) is 0 Å². The number of benzene rings is 1.